The predicted octanol–water partition coefficient (Wildman–Crippen LogP) is 2.81. The van der Waals surface area contributed by atoms with Crippen LogP contribution in [0.3, 0.4) is 0 Å². The van der Waals surface area contributed by atoms with E-state index in [4.69, 9.17) is 4.74 Å². The molecule has 0 radical (unpaired) electrons. The van der Waals surface area contributed by atoms with E-state index in [-0.39, 0.29) is 16.4 Å². The Morgan fingerprint density at radius 3 is 2.45 bits per heavy atom. The van der Waals surface area contributed by atoms with Crippen LogP contribution in [0.25, 0.3) is 0 Å². The van der Waals surface area contributed by atoms with Crippen LogP contribution in [0.5, 0.6) is 0 Å². The Labute approximate surface area is 183 Å². The third kappa shape index (κ3) is 5.71. The molecule has 1 heterocycles. The van der Waals surface area contributed by atoms with Crippen molar-refractivity contribution in [3.05, 3.63) is 64.7 Å². The van der Waals surface area contributed by atoms with Gasteiger partial charge >= 0.3 is 5.97 Å². The maximum absolute atomic E-state index is 12.6. The van der Waals surface area contributed by atoms with E-state index < -0.39 is 28.1 Å². The maximum Gasteiger partial charge on any atom is 0.338 e. The first-order chi connectivity index (χ1) is 14.5. The molecule has 3 rings (SSSR count). The van der Waals surface area contributed by atoms with Gasteiger partial charge in [-0.3, -0.25) is 4.79 Å². The van der Waals surface area contributed by atoms with Gasteiger partial charge in [0.25, 0.3) is 5.91 Å². The second kappa shape index (κ2) is 8.80. The molecular formula is C23H28N2O5S. The number of ether oxygens (including phenoxy) is 1. The highest BCUT2D eigenvalue weighted by atomic mass is 32.2. The quantitative estimate of drug-likeness (QED) is 0.716. The van der Waals surface area contributed by atoms with E-state index >= 15 is 0 Å². The van der Waals surface area contributed by atoms with E-state index in [1.54, 1.807) is 38.7 Å². The SMILES string of the molecule is Cc1ccc(S(=O)(=O)NC(C)(C)C)cc1C(=O)OCC(=O)N1CCc2ccccc2C1. The molecule has 1 N–H and O–H groups in total. The van der Waals surface area contributed by atoms with E-state index in [9.17, 15) is 18.0 Å². The standard InChI is InChI=1S/C23H28N2O5S/c1-16-9-10-19(31(28,29)24-23(2,3)4)13-20(16)22(27)30-15-21(26)25-12-11-17-7-5-6-8-18(17)14-25/h5-10,13,24H,11-12,14-15H2,1-4H3. The lowest BCUT2D eigenvalue weighted by atomic mass is 10.00. The molecule has 2 aromatic rings. The lowest BCUT2D eigenvalue weighted by Gasteiger charge is -2.28. The third-order valence-corrected chi connectivity index (χ3v) is 6.75. The number of nitrogens with zero attached hydrogens (tertiary/aromatic N) is 1. The fraction of sp³-hybridized carbons (Fsp3) is 0.391. The summed E-state index contributed by atoms with van der Waals surface area (Å²) in [6.07, 6.45) is 0.760. The minimum Gasteiger partial charge on any atom is -0.452 e. The first-order valence-corrected chi connectivity index (χ1v) is 11.6. The minimum absolute atomic E-state index is 0.0288. The van der Waals surface area contributed by atoms with Crippen LogP contribution in [-0.2, 0) is 32.5 Å². The summed E-state index contributed by atoms with van der Waals surface area (Å²) < 4.78 is 33.0. The van der Waals surface area contributed by atoms with E-state index in [1.165, 1.54) is 17.7 Å². The summed E-state index contributed by atoms with van der Waals surface area (Å²) in [6, 6.07) is 12.2. The van der Waals surface area contributed by atoms with Gasteiger partial charge in [-0.2, -0.15) is 0 Å². The molecule has 0 atom stereocenters. The Morgan fingerprint density at radius 1 is 1.10 bits per heavy atom. The van der Waals surface area contributed by atoms with Crippen LogP contribution in [-0.4, -0.2) is 43.9 Å². The Balaban J connectivity index is 1.67. The fourth-order valence-electron chi connectivity index (χ4n) is 3.46. The van der Waals surface area contributed by atoms with Crippen molar-refractivity contribution in [1.82, 2.24) is 9.62 Å². The number of benzene rings is 2. The highest BCUT2D eigenvalue weighted by molar-refractivity contribution is 7.89. The highest BCUT2D eigenvalue weighted by Gasteiger charge is 2.25. The second-order valence-electron chi connectivity index (χ2n) is 8.74. The van der Waals surface area contributed by atoms with Crippen LogP contribution in [0.15, 0.2) is 47.4 Å². The zero-order valence-corrected chi connectivity index (χ0v) is 19.1. The monoisotopic (exact) mass is 444 g/mol. The Morgan fingerprint density at radius 2 is 1.77 bits per heavy atom. The van der Waals surface area contributed by atoms with Gasteiger partial charge in [0.2, 0.25) is 10.0 Å². The average Bonchev–Trinajstić information content (AvgIpc) is 2.69. The lowest BCUT2D eigenvalue weighted by molar-refractivity contribution is -0.135. The molecule has 0 spiro atoms. The van der Waals surface area contributed by atoms with Crippen molar-refractivity contribution >= 4 is 21.9 Å². The summed E-state index contributed by atoms with van der Waals surface area (Å²) in [4.78, 5) is 26.8. The van der Waals surface area contributed by atoms with Gasteiger partial charge in [-0.15, -0.1) is 0 Å². The van der Waals surface area contributed by atoms with E-state index in [2.05, 4.69) is 10.8 Å². The first-order valence-electron chi connectivity index (χ1n) is 10.1. The molecule has 8 heteroatoms. The summed E-state index contributed by atoms with van der Waals surface area (Å²) >= 11 is 0. The number of fused-ring (bicyclic) bond motifs is 1. The zero-order valence-electron chi connectivity index (χ0n) is 18.3. The van der Waals surface area contributed by atoms with Crippen LogP contribution < -0.4 is 4.72 Å². The van der Waals surface area contributed by atoms with Crippen molar-refractivity contribution in [3.8, 4) is 0 Å². The molecule has 1 aliphatic rings. The topological polar surface area (TPSA) is 92.8 Å². The number of amides is 1. The molecule has 0 fully saturated rings. The van der Waals surface area contributed by atoms with Crippen LogP contribution in [0.2, 0.25) is 0 Å². The molecule has 7 nitrogen and oxygen atoms in total. The van der Waals surface area contributed by atoms with Crippen molar-refractivity contribution in [2.45, 2.75) is 51.1 Å². The zero-order chi connectivity index (χ0) is 22.8. The van der Waals surface area contributed by atoms with Crippen LogP contribution in [0, 0.1) is 6.92 Å². The average molecular weight is 445 g/mol. The van der Waals surface area contributed by atoms with Gasteiger partial charge in [-0.05, 0) is 62.9 Å². The molecule has 0 aliphatic carbocycles. The summed E-state index contributed by atoms with van der Waals surface area (Å²) in [5.41, 5.74) is 2.34. The fourth-order valence-corrected chi connectivity index (χ4v) is 4.90. The smallest absolute Gasteiger partial charge is 0.338 e. The van der Waals surface area contributed by atoms with E-state index in [0.29, 0.717) is 18.7 Å². The number of hydrogen-bond acceptors (Lipinski definition) is 5. The number of hydrogen-bond donors (Lipinski definition) is 1. The molecule has 1 aliphatic heterocycles. The summed E-state index contributed by atoms with van der Waals surface area (Å²) in [7, 11) is -3.80. The van der Waals surface area contributed by atoms with Crippen LogP contribution >= 0.6 is 0 Å². The van der Waals surface area contributed by atoms with Crippen LogP contribution in [0.1, 0.15) is 47.8 Å². The van der Waals surface area contributed by atoms with Gasteiger partial charge in [0.05, 0.1) is 10.5 Å². The Bertz CT molecular complexity index is 1100. The van der Waals surface area contributed by atoms with Gasteiger partial charge in [0.15, 0.2) is 6.61 Å². The van der Waals surface area contributed by atoms with Crippen molar-refractivity contribution in [2.75, 3.05) is 13.2 Å². The number of nitrogens with one attached hydrogen (secondary N) is 1. The lowest BCUT2D eigenvalue weighted by Crippen LogP contribution is -2.40. The number of rotatable bonds is 5. The normalized spacial score (nSPS) is 14.1. The van der Waals surface area contributed by atoms with Gasteiger partial charge in [0, 0.05) is 18.6 Å². The number of carbonyl (C=O) groups excluding carboxylic acids is 2. The summed E-state index contributed by atoms with van der Waals surface area (Å²) in [6.45, 7) is 7.55. The molecule has 0 unspecified atom stereocenters. The van der Waals surface area contributed by atoms with E-state index in [0.717, 1.165) is 12.0 Å². The molecule has 1 amide bonds. The third-order valence-electron chi connectivity index (χ3n) is 4.99. The molecule has 0 bridgehead atoms. The molecule has 0 saturated heterocycles. The van der Waals surface area contributed by atoms with Crippen LogP contribution in [0.4, 0.5) is 0 Å². The van der Waals surface area contributed by atoms with Gasteiger partial charge in [-0.25, -0.2) is 17.9 Å². The first kappa shape index (κ1) is 23.0. The minimum atomic E-state index is -3.80. The van der Waals surface area contributed by atoms with Crippen molar-refractivity contribution in [1.29, 1.82) is 0 Å². The molecular weight excluding hydrogens is 416 g/mol. The molecule has 2 aromatic carbocycles. The second-order valence-corrected chi connectivity index (χ2v) is 10.4. The summed E-state index contributed by atoms with van der Waals surface area (Å²) in [5, 5.41) is 0. The number of carbonyl (C=O) groups is 2. The maximum atomic E-state index is 12.6. The number of sulfonamides is 1. The molecule has 31 heavy (non-hydrogen) atoms. The van der Waals surface area contributed by atoms with E-state index in [1.807, 2.05) is 18.2 Å². The predicted molar refractivity (Wildman–Crippen MR) is 117 cm³/mol. The van der Waals surface area contributed by atoms with Crippen molar-refractivity contribution < 1.29 is 22.7 Å². The number of aryl methyl sites for hydroxylation is 1. The molecule has 0 aromatic heterocycles. The Hall–Kier alpha value is -2.71. The van der Waals surface area contributed by atoms with Crippen molar-refractivity contribution in [2.24, 2.45) is 0 Å². The largest absolute Gasteiger partial charge is 0.452 e. The van der Waals surface area contributed by atoms with Crippen molar-refractivity contribution in [3.63, 3.8) is 0 Å². The number of esters is 1. The highest BCUT2D eigenvalue weighted by Crippen LogP contribution is 2.20. The van der Waals surface area contributed by atoms with Gasteiger partial charge in [-0.1, -0.05) is 30.3 Å². The Kier molecular flexibility index (Phi) is 6.52. The van der Waals surface area contributed by atoms with Gasteiger partial charge in [0.1, 0.15) is 0 Å². The summed E-state index contributed by atoms with van der Waals surface area (Å²) in [5.74, 6) is -1.00. The molecule has 166 valence electrons. The van der Waals surface area contributed by atoms with Gasteiger partial charge < -0.3 is 9.64 Å². The molecule has 0 saturated carbocycles.